The lowest BCUT2D eigenvalue weighted by molar-refractivity contribution is -0.140. The van der Waals surface area contributed by atoms with Crippen molar-refractivity contribution in [3.63, 3.8) is 0 Å². The highest BCUT2D eigenvalue weighted by Crippen LogP contribution is 2.26. The van der Waals surface area contributed by atoms with Crippen LogP contribution in [-0.4, -0.2) is 44.3 Å². The van der Waals surface area contributed by atoms with E-state index in [0.717, 1.165) is 15.4 Å². The Kier molecular flexibility index (Phi) is 10.5. The molecule has 7 nitrogen and oxygen atoms in total. The van der Waals surface area contributed by atoms with E-state index in [1.165, 1.54) is 29.2 Å². The third kappa shape index (κ3) is 8.07. The van der Waals surface area contributed by atoms with Gasteiger partial charge in [0, 0.05) is 18.1 Å². The normalized spacial score (nSPS) is 12.2. The van der Waals surface area contributed by atoms with E-state index >= 15 is 0 Å². The van der Waals surface area contributed by atoms with Crippen LogP contribution >= 0.6 is 11.6 Å². The minimum atomic E-state index is -4.14. The third-order valence-corrected chi connectivity index (χ3v) is 8.28. The van der Waals surface area contributed by atoms with Crippen molar-refractivity contribution in [3.8, 4) is 0 Å². The van der Waals surface area contributed by atoms with Gasteiger partial charge < -0.3 is 10.2 Å². The molecule has 1 atom stereocenters. The highest BCUT2D eigenvalue weighted by molar-refractivity contribution is 7.92. The lowest BCUT2D eigenvalue weighted by Gasteiger charge is -2.33. The molecule has 0 bridgehead atoms. The van der Waals surface area contributed by atoms with Gasteiger partial charge in [-0.3, -0.25) is 13.9 Å². The van der Waals surface area contributed by atoms with Crippen molar-refractivity contribution in [3.05, 3.63) is 95.0 Å². The summed E-state index contributed by atoms with van der Waals surface area (Å²) in [5.74, 6) is -0.506. The standard InChI is InChI=1S/C30H36ClN3O4S/c1-5-28(30(36)32-19-22(2)3)33(20-24-11-7-6-8-12-24)29(35)21-34(26-13-9-10-23(4)18-26)39(37,38)27-16-14-25(31)15-17-27/h6-18,22,28H,5,19-21H2,1-4H3,(H,32,36). The molecule has 9 heteroatoms. The van der Waals surface area contributed by atoms with E-state index < -0.39 is 28.5 Å². The first-order valence-corrected chi connectivity index (χ1v) is 14.8. The topological polar surface area (TPSA) is 86.8 Å². The van der Waals surface area contributed by atoms with Crippen molar-refractivity contribution in [2.24, 2.45) is 5.92 Å². The van der Waals surface area contributed by atoms with Crippen LogP contribution in [0.2, 0.25) is 5.02 Å². The zero-order chi connectivity index (χ0) is 28.6. The molecule has 3 aromatic rings. The molecular formula is C30H36ClN3O4S. The summed E-state index contributed by atoms with van der Waals surface area (Å²) in [5.41, 5.74) is 2.04. The highest BCUT2D eigenvalue weighted by Gasteiger charge is 2.33. The second kappa shape index (κ2) is 13.6. The maximum Gasteiger partial charge on any atom is 0.264 e. The summed E-state index contributed by atoms with van der Waals surface area (Å²) in [6, 6.07) is 21.4. The van der Waals surface area contributed by atoms with Crippen molar-refractivity contribution in [2.75, 3.05) is 17.4 Å². The largest absolute Gasteiger partial charge is 0.354 e. The molecule has 208 valence electrons. The minimum absolute atomic E-state index is 0.0116. The molecule has 0 fully saturated rings. The van der Waals surface area contributed by atoms with Gasteiger partial charge in [0.05, 0.1) is 10.6 Å². The smallest absolute Gasteiger partial charge is 0.264 e. The Balaban J connectivity index is 2.03. The molecule has 1 N–H and O–H groups in total. The van der Waals surface area contributed by atoms with Gasteiger partial charge in [-0.15, -0.1) is 0 Å². The zero-order valence-electron chi connectivity index (χ0n) is 22.8. The molecule has 1 unspecified atom stereocenters. The van der Waals surface area contributed by atoms with Crippen molar-refractivity contribution >= 4 is 39.1 Å². The fourth-order valence-electron chi connectivity index (χ4n) is 4.17. The molecule has 3 rings (SSSR count). The predicted octanol–water partition coefficient (Wildman–Crippen LogP) is 5.42. The van der Waals surface area contributed by atoms with Crippen LogP contribution in [0.15, 0.2) is 83.8 Å². The number of aryl methyl sites for hydroxylation is 1. The van der Waals surface area contributed by atoms with E-state index in [9.17, 15) is 18.0 Å². The summed E-state index contributed by atoms with van der Waals surface area (Å²) < 4.78 is 28.8. The Bertz CT molecular complexity index is 1360. The van der Waals surface area contributed by atoms with Gasteiger partial charge in [0.1, 0.15) is 12.6 Å². The fourth-order valence-corrected chi connectivity index (χ4v) is 5.70. The van der Waals surface area contributed by atoms with Gasteiger partial charge in [0.25, 0.3) is 10.0 Å². The van der Waals surface area contributed by atoms with Gasteiger partial charge in [-0.1, -0.05) is 74.8 Å². The average Bonchev–Trinajstić information content (AvgIpc) is 2.91. The summed E-state index contributed by atoms with van der Waals surface area (Å²) in [6.45, 7) is 7.85. The lowest BCUT2D eigenvalue weighted by Crippen LogP contribution is -2.52. The molecule has 0 saturated heterocycles. The number of hydrogen-bond acceptors (Lipinski definition) is 4. The number of benzene rings is 3. The number of hydrogen-bond donors (Lipinski definition) is 1. The number of carbonyl (C=O) groups is 2. The summed E-state index contributed by atoms with van der Waals surface area (Å²) in [6.07, 6.45) is 0.372. The maximum atomic E-state index is 14.0. The van der Waals surface area contributed by atoms with E-state index in [4.69, 9.17) is 11.6 Å². The number of carbonyl (C=O) groups excluding carboxylic acids is 2. The Hall–Kier alpha value is -3.36. The van der Waals surface area contributed by atoms with E-state index in [-0.39, 0.29) is 23.3 Å². The van der Waals surface area contributed by atoms with E-state index in [2.05, 4.69) is 5.32 Å². The number of rotatable bonds is 12. The van der Waals surface area contributed by atoms with Crippen molar-refractivity contribution in [1.29, 1.82) is 0 Å². The molecule has 0 aliphatic heterocycles. The van der Waals surface area contributed by atoms with Crippen LogP contribution in [0.1, 0.15) is 38.3 Å². The van der Waals surface area contributed by atoms with E-state index in [0.29, 0.717) is 23.7 Å². The van der Waals surface area contributed by atoms with Crippen molar-refractivity contribution in [2.45, 2.75) is 51.6 Å². The molecule has 0 radical (unpaired) electrons. The van der Waals surface area contributed by atoms with Crippen molar-refractivity contribution < 1.29 is 18.0 Å². The fraction of sp³-hybridized carbons (Fsp3) is 0.333. The van der Waals surface area contributed by atoms with Crippen LogP contribution in [0.25, 0.3) is 0 Å². The minimum Gasteiger partial charge on any atom is -0.354 e. The lowest BCUT2D eigenvalue weighted by atomic mass is 10.1. The Morgan fingerprint density at radius 2 is 1.62 bits per heavy atom. The molecule has 0 aliphatic carbocycles. The van der Waals surface area contributed by atoms with Crippen LogP contribution < -0.4 is 9.62 Å². The van der Waals surface area contributed by atoms with Crippen LogP contribution in [0.4, 0.5) is 5.69 Å². The van der Waals surface area contributed by atoms with Gasteiger partial charge in [0.2, 0.25) is 11.8 Å². The predicted molar refractivity (Wildman–Crippen MR) is 156 cm³/mol. The van der Waals surface area contributed by atoms with Crippen molar-refractivity contribution in [1.82, 2.24) is 10.2 Å². The molecule has 0 heterocycles. The molecule has 0 aromatic heterocycles. The number of nitrogens with zero attached hydrogens (tertiary/aromatic N) is 2. The molecule has 0 aliphatic rings. The van der Waals surface area contributed by atoms with Gasteiger partial charge in [0.15, 0.2) is 0 Å². The number of nitrogens with one attached hydrogen (secondary N) is 1. The highest BCUT2D eigenvalue weighted by atomic mass is 35.5. The summed E-state index contributed by atoms with van der Waals surface area (Å²) in [4.78, 5) is 28.7. The molecule has 3 aromatic carbocycles. The zero-order valence-corrected chi connectivity index (χ0v) is 24.4. The van der Waals surface area contributed by atoms with Gasteiger partial charge in [-0.05, 0) is 66.8 Å². The number of amides is 2. The first-order chi connectivity index (χ1) is 18.5. The van der Waals surface area contributed by atoms with Crippen LogP contribution in [-0.2, 0) is 26.2 Å². The SMILES string of the molecule is CCC(C(=O)NCC(C)C)N(Cc1ccccc1)C(=O)CN(c1cccc(C)c1)S(=O)(=O)c1ccc(Cl)cc1. The summed E-state index contributed by atoms with van der Waals surface area (Å²) in [7, 11) is -4.14. The second-order valence-electron chi connectivity index (χ2n) is 9.87. The first kappa shape index (κ1) is 30.2. The van der Waals surface area contributed by atoms with Crippen LogP contribution in [0, 0.1) is 12.8 Å². The Labute approximate surface area is 236 Å². The molecule has 2 amide bonds. The van der Waals surface area contributed by atoms with E-state index in [1.54, 1.807) is 18.2 Å². The average molecular weight is 570 g/mol. The Morgan fingerprint density at radius 1 is 0.949 bits per heavy atom. The molecule has 0 spiro atoms. The van der Waals surface area contributed by atoms with Crippen LogP contribution in [0.3, 0.4) is 0 Å². The van der Waals surface area contributed by atoms with Crippen LogP contribution in [0.5, 0.6) is 0 Å². The summed E-state index contributed by atoms with van der Waals surface area (Å²) in [5, 5.41) is 3.33. The number of anilines is 1. The quantitative estimate of drug-likeness (QED) is 0.315. The molecule has 0 saturated carbocycles. The summed E-state index contributed by atoms with van der Waals surface area (Å²) >= 11 is 6.00. The van der Waals surface area contributed by atoms with Gasteiger partial charge >= 0.3 is 0 Å². The monoisotopic (exact) mass is 569 g/mol. The number of halogens is 1. The Morgan fingerprint density at radius 3 is 2.21 bits per heavy atom. The third-order valence-electron chi connectivity index (χ3n) is 6.24. The number of sulfonamides is 1. The van der Waals surface area contributed by atoms with Gasteiger partial charge in [-0.2, -0.15) is 0 Å². The molecule has 39 heavy (non-hydrogen) atoms. The second-order valence-corrected chi connectivity index (χ2v) is 12.2. The molecular weight excluding hydrogens is 534 g/mol. The van der Waals surface area contributed by atoms with E-state index in [1.807, 2.05) is 64.1 Å². The van der Waals surface area contributed by atoms with Gasteiger partial charge in [-0.25, -0.2) is 8.42 Å². The first-order valence-electron chi connectivity index (χ1n) is 13.0. The maximum absolute atomic E-state index is 14.0.